The minimum atomic E-state index is -1.30. The van der Waals surface area contributed by atoms with Gasteiger partial charge in [-0.3, -0.25) is 4.79 Å². The fourth-order valence-electron chi connectivity index (χ4n) is 6.16. The molecule has 53 heavy (non-hydrogen) atoms. The maximum absolute atomic E-state index is 12.5. The molecule has 8 heteroatoms. The largest absolute Gasteiger partial charge is 0.489 e. The van der Waals surface area contributed by atoms with Gasteiger partial charge >= 0.3 is 5.97 Å². The molecule has 7 rings (SSSR count). The van der Waals surface area contributed by atoms with E-state index in [-0.39, 0.29) is 6.61 Å². The van der Waals surface area contributed by atoms with Crippen LogP contribution in [0.15, 0.2) is 152 Å². The summed E-state index contributed by atoms with van der Waals surface area (Å²) in [4.78, 5) is 12.5. The van der Waals surface area contributed by atoms with Crippen LogP contribution in [0.25, 0.3) is 0 Å². The molecule has 6 aromatic carbocycles. The molecular weight excluding hydrogens is 668 g/mol. The second-order valence-electron chi connectivity index (χ2n) is 12.7. The number of rotatable bonds is 14. The van der Waals surface area contributed by atoms with Crippen molar-refractivity contribution >= 4 is 5.97 Å². The highest BCUT2D eigenvalue weighted by atomic mass is 16.6. The Kier molecular flexibility index (Phi) is 11.2. The van der Waals surface area contributed by atoms with Crippen molar-refractivity contribution in [3.05, 3.63) is 185 Å². The summed E-state index contributed by atoms with van der Waals surface area (Å²) in [6.07, 6.45) is -3.34. The first-order valence-corrected chi connectivity index (χ1v) is 17.5. The molecule has 0 aromatic heterocycles. The standard InChI is InChI=1S/C45H40O8/c1-31(46)52-45-43(47)42-40(51-30-35-20-12-5-13-21-35)25-37(48-27-32-14-6-2-7-15-32)26-41(42)53-44(45)36-22-23-38(49-28-33-16-8-3-9-17-33)39(24-36)50-29-34-18-10-4-11-19-34/h2-26,43-45,47H,27-30H2,1H3/t43?,44-,45-/m1/s1. The Bertz CT molecular complexity index is 2090. The van der Waals surface area contributed by atoms with Crippen molar-refractivity contribution in [1.29, 1.82) is 0 Å². The number of carbonyl (C=O) groups is 1. The minimum Gasteiger partial charge on any atom is -0.489 e. The Labute approximate surface area is 309 Å². The van der Waals surface area contributed by atoms with E-state index in [0.717, 1.165) is 22.3 Å². The van der Waals surface area contributed by atoms with Crippen LogP contribution in [0.5, 0.6) is 28.7 Å². The lowest BCUT2D eigenvalue weighted by molar-refractivity contribution is -0.164. The Hall–Kier alpha value is -6.25. The molecule has 268 valence electrons. The second-order valence-corrected chi connectivity index (χ2v) is 12.7. The second kappa shape index (κ2) is 16.8. The third-order valence-corrected chi connectivity index (χ3v) is 8.80. The van der Waals surface area contributed by atoms with Gasteiger partial charge < -0.3 is 33.5 Å². The third kappa shape index (κ3) is 8.98. The molecule has 1 aliphatic heterocycles. The molecule has 1 N–H and O–H groups in total. The van der Waals surface area contributed by atoms with Crippen molar-refractivity contribution in [2.45, 2.75) is 51.7 Å². The fraction of sp³-hybridized carbons (Fsp3) is 0.178. The molecule has 1 aliphatic rings. The minimum absolute atomic E-state index is 0.232. The average molecular weight is 709 g/mol. The number of hydrogen-bond acceptors (Lipinski definition) is 8. The van der Waals surface area contributed by atoms with Gasteiger partial charge in [0.05, 0.1) is 5.56 Å². The highest BCUT2D eigenvalue weighted by Crippen LogP contribution is 2.49. The summed E-state index contributed by atoms with van der Waals surface area (Å²) < 4.78 is 37.6. The van der Waals surface area contributed by atoms with E-state index in [1.807, 2.05) is 140 Å². The molecule has 1 heterocycles. The van der Waals surface area contributed by atoms with Gasteiger partial charge in [-0.2, -0.15) is 0 Å². The summed E-state index contributed by atoms with van der Waals surface area (Å²) in [6.45, 7) is 2.48. The van der Waals surface area contributed by atoms with E-state index in [2.05, 4.69) is 0 Å². The van der Waals surface area contributed by atoms with Crippen molar-refractivity contribution in [3.63, 3.8) is 0 Å². The van der Waals surface area contributed by atoms with Gasteiger partial charge in [0.25, 0.3) is 0 Å². The van der Waals surface area contributed by atoms with Gasteiger partial charge in [-0.15, -0.1) is 0 Å². The van der Waals surface area contributed by atoms with Crippen molar-refractivity contribution in [2.24, 2.45) is 0 Å². The number of aliphatic hydroxyl groups excluding tert-OH is 1. The zero-order chi connectivity index (χ0) is 36.4. The van der Waals surface area contributed by atoms with Gasteiger partial charge in [0, 0.05) is 24.6 Å². The Morgan fingerprint density at radius 1 is 0.566 bits per heavy atom. The first-order valence-electron chi connectivity index (χ1n) is 17.5. The molecule has 0 fully saturated rings. The Morgan fingerprint density at radius 2 is 1.04 bits per heavy atom. The van der Waals surface area contributed by atoms with Crippen LogP contribution < -0.4 is 23.7 Å². The summed E-state index contributed by atoms with van der Waals surface area (Å²) in [5.74, 6) is 1.62. The Morgan fingerprint density at radius 3 is 1.55 bits per heavy atom. The molecule has 0 amide bonds. The van der Waals surface area contributed by atoms with Gasteiger partial charge in [0.2, 0.25) is 0 Å². The predicted octanol–water partition coefficient (Wildman–Crippen LogP) is 9.10. The smallest absolute Gasteiger partial charge is 0.303 e. The fourth-order valence-corrected chi connectivity index (χ4v) is 6.16. The van der Waals surface area contributed by atoms with E-state index in [9.17, 15) is 9.90 Å². The van der Waals surface area contributed by atoms with Crippen LogP contribution in [0.1, 0.15) is 52.5 Å². The maximum atomic E-state index is 12.5. The molecule has 1 unspecified atom stereocenters. The summed E-state index contributed by atoms with van der Waals surface area (Å²) in [5.41, 5.74) is 4.89. The number of esters is 1. The van der Waals surface area contributed by atoms with Gasteiger partial charge in [-0.05, 0) is 34.4 Å². The lowest BCUT2D eigenvalue weighted by atomic mass is 9.91. The molecule has 0 saturated heterocycles. The first kappa shape index (κ1) is 35.2. The zero-order valence-corrected chi connectivity index (χ0v) is 29.3. The van der Waals surface area contributed by atoms with Crippen molar-refractivity contribution < 1.29 is 38.3 Å². The normalized spacial score (nSPS) is 16.1. The molecule has 6 aromatic rings. The molecule has 0 radical (unpaired) electrons. The number of hydrogen-bond donors (Lipinski definition) is 1. The van der Waals surface area contributed by atoms with Crippen molar-refractivity contribution in [2.75, 3.05) is 0 Å². The molecule has 0 aliphatic carbocycles. The van der Waals surface area contributed by atoms with E-state index in [4.69, 9.17) is 28.4 Å². The molecule has 0 spiro atoms. The van der Waals surface area contributed by atoms with E-state index in [1.54, 1.807) is 12.1 Å². The molecular formula is C45H40O8. The number of carbonyl (C=O) groups excluding carboxylic acids is 1. The van der Waals surface area contributed by atoms with E-state index < -0.39 is 24.3 Å². The highest BCUT2D eigenvalue weighted by molar-refractivity contribution is 5.67. The molecule has 0 saturated carbocycles. The topological polar surface area (TPSA) is 92.7 Å². The number of aliphatic hydroxyl groups is 1. The van der Waals surface area contributed by atoms with Gasteiger partial charge in [0.15, 0.2) is 23.7 Å². The van der Waals surface area contributed by atoms with Crippen molar-refractivity contribution in [3.8, 4) is 28.7 Å². The average Bonchev–Trinajstić information content (AvgIpc) is 3.20. The number of fused-ring (bicyclic) bond motifs is 1. The predicted molar refractivity (Wildman–Crippen MR) is 200 cm³/mol. The highest BCUT2D eigenvalue weighted by Gasteiger charge is 2.43. The van der Waals surface area contributed by atoms with Crippen LogP contribution in [-0.2, 0) is 36.0 Å². The third-order valence-electron chi connectivity index (χ3n) is 8.80. The Balaban J connectivity index is 1.24. The van der Waals surface area contributed by atoms with E-state index in [1.165, 1.54) is 6.92 Å². The van der Waals surface area contributed by atoms with Gasteiger partial charge in [-0.25, -0.2) is 0 Å². The number of benzene rings is 6. The monoisotopic (exact) mass is 708 g/mol. The van der Waals surface area contributed by atoms with Gasteiger partial charge in [-0.1, -0.05) is 127 Å². The quantitative estimate of drug-likeness (QED) is 0.112. The SMILES string of the molecule is CC(=O)O[C@@H]1C(O)c2c(OCc3ccccc3)cc(OCc3ccccc3)cc2O[C@@H]1c1ccc(OCc2ccccc2)c(OCc2ccccc2)c1. The van der Waals surface area contributed by atoms with Crippen LogP contribution in [0.3, 0.4) is 0 Å². The van der Waals surface area contributed by atoms with Crippen LogP contribution >= 0.6 is 0 Å². The summed E-state index contributed by atoms with van der Waals surface area (Å²) in [7, 11) is 0. The summed E-state index contributed by atoms with van der Waals surface area (Å²) in [6, 6.07) is 48.1. The van der Waals surface area contributed by atoms with Crippen molar-refractivity contribution in [1.82, 2.24) is 0 Å². The summed E-state index contributed by atoms with van der Waals surface area (Å²) >= 11 is 0. The van der Waals surface area contributed by atoms with Crippen LogP contribution in [0.4, 0.5) is 0 Å². The van der Waals surface area contributed by atoms with Crippen LogP contribution in [0, 0.1) is 0 Å². The first-order chi connectivity index (χ1) is 26.0. The molecule has 8 nitrogen and oxygen atoms in total. The van der Waals surface area contributed by atoms with Gasteiger partial charge in [0.1, 0.15) is 49.8 Å². The molecule has 3 atom stereocenters. The zero-order valence-electron chi connectivity index (χ0n) is 29.3. The van der Waals surface area contributed by atoms with E-state index >= 15 is 0 Å². The lowest BCUT2D eigenvalue weighted by Crippen LogP contribution is -2.38. The molecule has 0 bridgehead atoms. The lowest BCUT2D eigenvalue weighted by Gasteiger charge is -2.37. The van der Waals surface area contributed by atoms with E-state index in [0.29, 0.717) is 59.7 Å². The van der Waals surface area contributed by atoms with Crippen LogP contribution in [-0.4, -0.2) is 17.2 Å². The summed E-state index contributed by atoms with van der Waals surface area (Å²) in [5, 5.41) is 12.0. The van der Waals surface area contributed by atoms with Crippen LogP contribution in [0.2, 0.25) is 0 Å². The maximum Gasteiger partial charge on any atom is 0.303 e. The number of ether oxygens (including phenoxy) is 6.